The van der Waals surface area contributed by atoms with E-state index in [1.165, 1.54) is 5.56 Å². The third-order valence-corrected chi connectivity index (χ3v) is 1.85. The van der Waals surface area contributed by atoms with Crippen LogP contribution >= 0.6 is 0 Å². The monoisotopic (exact) mass is 173 g/mol. The molecule has 1 aromatic carbocycles. The van der Waals surface area contributed by atoms with E-state index in [1.807, 2.05) is 25.2 Å². The van der Waals surface area contributed by atoms with E-state index in [-0.39, 0.29) is 0 Å². The first-order valence-corrected chi connectivity index (χ1v) is 4.21. The molecule has 1 N–H and O–H groups in total. The summed E-state index contributed by atoms with van der Waals surface area (Å²) in [6.07, 6.45) is 0.832. The molecule has 0 atom stereocenters. The van der Waals surface area contributed by atoms with Crippen LogP contribution < -0.4 is 5.43 Å². The van der Waals surface area contributed by atoms with E-state index in [2.05, 4.69) is 29.2 Å². The minimum Gasteiger partial charge on any atom is -0.304 e. The predicted octanol–water partition coefficient (Wildman–Crippen LogP) is 1.07. The number of hydrogen-bond acceptors (Lipinski definition) is 3. The standard InChI is InChI=1S/C10H11N3/c1-13-8-11-10(12-13)7-9-5-3-2-4-6-9/h2-6H,7H2,1H3,(H,11,12). The Bertz CT molecular complexity index is 305. The van der Waals surface area contributed by atoms with E-state index in [4.69, 9.17) is 0 Å². The topological polar surface area (TPSA) is 27.6 Å². The van der Waals surface area contributed by atoms with Crippen LogP contribution in [0.3, 0.4) is 0 Å². The van der Waals surface area contributed by atoms with Gasteiger partial charge in [0.15, 0.2) is 0 Å². The highest BCUT2D eigenvalue weighted by atomic mass is 15.6. The van der Waals surface area contributed by atoms with Gasteiger partial charge in [-0.25, -0.2) is 4.99 Å². The van der Waals surface area contributed by atoms with Crippen molar-refractivity contribution < 1.29 is 0 Å². The molecular formula is C10H11N3. The van der Waals surface area contributed by atoms with Gasteiger partial charge in [0.1, 0.15) is 5.84 Å². The Labute approximate surface area is 78.1 Å². The van der Waals surface area contributed by atoms with E-state index in [0.29, 0.717) is 0 Å². The summed E-state index contributed by atoms with van der Waals surface area (Å²) in [5.74, 6) is 0.939. The summed E-state index contributed by atoms with van der Waals surface area (Å²) in [6.45, 7) is 2.80. The lowest BCUT2D eigenvalue weighted by Crippen LogP contribution is -2.31. The van der Waals surface area contributed by atoms with Gasteiger partial charge in [0.25, 0.3) is 0 Å². The van der Waals surface area contributed by atoms with Gasteiger partial charge in [0.2, 0.25) is 6.67 Å². The second kappa shape index (κ2) is 3.58. The zero-order chi connectivity index (χ0) is 9.10. The number of nitrogens with zero attached hydrogens (tertiary/aromatic N) is 2. The molecule has 2 rings (SSSR count). The van der Waals surface area contributed by atoms with Gasteiger partial charge in [-0.15, -0.1) is 0 Å². The van der Waals surface area contributed by atoms with Crippen molar-refractivity contribution in [1.82, 2.24) is 10.4 Å². The van der Waals surface area contributed by atoms with Crippen molar-refractivity contribution in [2.45, 2.75) is 6.42 Å². The van der Waals surface area contributed by atoms with Crippen LogP contribution in [-0.2, 0) is 6.42 Å². The summed E-state index contributed by atoms with van der Waals surface area (Å²) in [5, 5.41) is 1.72. The zero-order valence-electron chi connectivity index (χ0n) is 7.49. The Balaban J connectivity index is 2.00. The molecule has 1 aromatic rings. The Morgan fingerprint density at radius 1 is 1.38 bits per heavy atom. The first-order valence-electron chi connectivity index (χ1n) is 4.21. The average molecular weight is 173 g/mol. The molecular weight excluding hydrogens is 162 g/mol. The van der Waals surface area contributed by atoms with E-state index in [1.54, 1.807) is 5.01 Å². The van der Waals surface area contributed by atoms with Crippen LogP contribution in [-0.4, -0.2) is 17.9 Å². The molecule has 0 aromatic heterocycles. The number of hydrogen-bond donors (Lipinski definition) is 1. The maximum Gasteiger partial charge on any atom is 0.220 e. The van der Waals surface area contributed by atoms with Crippen molar-refractivity contribution >= 4 is 5.84 Å². The van der Waals surface area contributed by atoms with Crippen LogP contribution in [0.5, 0.6) is 0 Å². The molecule has 3 nitrogen and oxygen atoms in total. The lowest BCUT2D eigenvalue weighted by Gasteiger charge is -2.07. The zero-order valence-corrected chi connectivity index (χ0v) is 7.49. The predicted molar refractivity (Wildman–Crippen MR) is 51.7 cm³/mol. The molecule has 0 bridgehead atoms. The van der Waals surface area contributed by atoms with Crippen LogP contribution in [0.2, 0.25) is 0 Å². The quantitative estimate of drug-likeness (QED) is 0.724. The van der Waals surface area contributed by atoms with E-state index >= 15 is 0 Å². The van der Waals surface area contributed by atoms with Gasteiger partial charge in [-0.3, -0.25) is 0 Å². The van der Waals surface area contributed by atoms with Gasteiger partial charge in [0, 0.05) is 13.5 Å². The summed E-state index contributed by atoms with van der Waals surface area (Å²) in [6, 6.07) is 10.2. The Hall–Kier alpha value is -1.35. The molecule has 3 heteroatoms. The number of hydrazine groups is 1. The molecule has 1 heterocycles. The SMILES string of the molecule is CN1[C]N=C(Cc2ccccc2)N1. The first kappa shape index (κ1) is 8.26. The number of rotatable bonds is 2. The molecule has 0 saturated heterocycles. The maximum absolute atomic E-state index is 4.09. The summed E-state index contributed by atoms with van der Waals surface area (Å²) >= 11 is 0. The van der Waals surface area contributed by atoms with E-state index < -0.39 is 0 Å². The van der Waals surface area contributed by atoms with Gasteiger partial charge in [-0.1, -0.05) is 30.3 Å². The molecule has 0 spiro atoms. The Morgan fingerprint density at radius 2 is 2.15 bits per heavy atom. The molecule has 0 saturated carbocycles. The highest BCUT2D eigenvalue weighted by Crippen LogP contribution is 2.04. The van der Waals surface area contributed by atoms with E-state index in [0.717, 1.165) is 12.3 Å². The normalized spacial score (nSPS) is 16.8. The van der Waals surface area contributed by atoms with Crippen molar-refractivity contribution in [1.29, 1.82) is 0 Å². The summed E-state index contributed by atoms with van der Waals surface area (Å²) < 4.78 is 0. The maximum atomic E-state index is 4.09. The summed E-state index contributed by atoms with van der Waals surface area (Å²) in [5.41, 5.74) is 4.33. The lowest BCUT2D eigenvalue weighted by molar-refractivity contribution is 0.384. The van der Waals surface area contributed by atoms with Crippen molar-refractivity contribution in [3.05, 3.63) is 42.6 Å². The van der Waals surface area contributed by atoms with Crippen LogP contribution in [0.25, 0.3) is 0 Å². The highest BCUT2D eigenvalue weighted by molar-refractivity contribution is 5.85. The average Bonchev–Trinajstić information content (AvgIpc) is 2.53. The molecule has 0 fully saturated rings. The van der Waals surface area contributed by atoms with Gasteiger partial charge >= 0.3 is 0 Å². The largest absolute Gasteiger partial charge is 0.304 e. The molecule has 13 heavy (non-hydrogen) atoms. The van der Waals surface area contributed by atoms with Crippen LogP contribution in [0.15, 0.2) is 35.3 Å². The van der Waals surface area contributed by atoms with Gasteiger partial charge in [-0.05, 0) is 5.56 Å². The number of nitrogens with one attached hydrogen (secondary N) is 1. The lowest BCUT2D eigenvalue weighted by atomic mass is 10.1. The van der Waals surface area contributed by atoms with Gasteiger partial charge < -0.3 is 5.43 Å². The summed E-state index contributed by atoms with van der Waals surface area (Å²) in [4.78, 5) is 4.09. The molecule has 0 unspecified atom stereocenters. The number of aliphatic imine (C=N–C) groups is 1. The minimum absolute atomic E-state index is 0.832. The van der Waals surface area contributed by atoms with E-state index in [9.17, 15) is 0 Å². The highest BCUT2D eigenvalue weighted by Gasteiger charge is 2.11. The molecule has 0 aliphatic carbocycles. The smallest absolute Gasteiger partial charge is 0.220 e. The number of benzene rings is 1. The third-order valence-electron chi connectivity index (χ3n) is 1.85. The van der Waals surface area contributed by atoms with Gasteiger partial charge in [0.05, 0.1) is 0 Å². The van der Waals surface area contributed by atoms with Crippen molar-refractivity contribution in [3.63, 3.8) is 0 Å². The molecule has 1 aliphatic rings. The molecule has 2 radical (unpaired) electrons. The Morgan fingerprint density at radius 3 is 2.77 bits per heavy atom. The summed E-state index contributed by atoms with van der Waals surface area (Å²) in [7, 11) is 1.88. The second-order valence-electron chi connectivity index (χ2n) is 2.99. The fourth-order valence-electron chi connectivity index (χ4n) is 1.25. The van der Waals surface area contributed by atoms with Crippen molar-refractivity contribution in [2.24, 2.45) is 4.99 Å². The minimum atomic E-state index is 0.832. The van der Waals surface area contributed by atoms with Crippen molar-refractivity contribution in [2.75, 3.05) is 7.05 Å². The Kier molecular flexibility index (Phi) is 2.27. The fourth-order valence-corrected chi connectivity index (χ4v) is 1.25. The fraction of sp³-hybridized carbons (Fsp3) is 0.200. The van der Waals surface area contributed by atoms with Crippen LogP contribution in [0.1, 0.15) is 5.56 Å². The van der Waals surface area contributed by atoms with Gasteiger partial charge in [-0.2, -0.15) is 5.01 Å². The van der Waals surface area contributed by atoms with Crippen molar-refractivity contribution in [3.8, 4) is 0 Å². The second-order valence-corrected chi connectivity index (χ2v) is 2.99. The van der Waals surface area contributed by atoms with Crippen LogP contribution in [0, 0.1) is 6.67 Å². The molecule has 0 amide bonds. The number of amidine groups is 1. The van der Waals surface area contributed by atoms with Crippen LogP contribution in [0.4, 0.5) is 0 Å². The molecule has 1 aliphatic heterocycles. The third kappa shape index (κ3) is 2.06. The first-order chi connectivity index (χ1) is 6.34. The molecule has 66 valence electrons.